The molecule has 2 rings (SSSR count). The van der Waals surface area contributed by atoms with Gasteiger partial charge >= 0.3 is 5.97 Å². The van der Waals surface area contributed by atoms with Crippen LogP contribution in [-0.4, -0.2) is 32.8 Å². The molecule has 0 bridgehead atoms. The first-order chi connectivity index (χ1) is 9.22. The summed E-state index contributed by atoms with van der Waals surface area (Å²) >= 11 is 0. The van der Waals surface area contributed by atoms with E-state index in [1.54, 1.807) is 6.20 Å². The number of anilines is 2. The van der Waals surface area contributed by atoms with E-state index in [2.05, 4.69) is 32.0 Å². The van der Waals surface area contributed by atoms with Gasteiger partial charge in [-0.3, -0.25) is 4.68 Å². The van der Waals surface area contributed by atoms with E-state index in [9.17, 15) is 4.79 Å². The van der Waals surface area contributed by atoms with E-state index in [-0.39, 0.29) is 5.69 Å². The number of carbonyl (C=O) groups is 1. The van der Waals surface area contributed by atoms with E-state index in [4.69, 9.17) is 0 Å². The van der Waals surface area contributed by atoms with Gasteiger partial charge in [-0.2, -0.15) is 5.10 Å². The molecule has 1 N–H and O–H groups in total. The van der Waals surface area contributed by atoms with Crippen LogP contribution in [0.5, 0.6) is 0 Å². The average Bonchev–Trinajstić information content (AvgIpc) is 2.86. The van der Waals surface area contributed by atoms with Crippen LogP contribution in [-0.2, 0) is 11.3 Å². The Hall–Kier alpha value is -2.44. The first kappa shape index (κ1) is 13.0. The van der Waals surface area contributed by atoms with Crippen LogP contribution in [0.4, 0.5) is 11.6 Å². The third kappa shape index (κ3) is 3.27. The van der Waals surface area contributed by atoms with Gasteiger partial charge in [0, 0.05) is 18.9 Å². The molecule has 0 unspecified atom stereocenters. The average molecular weight is 261 g/mol. The molecule has 2 aromatic heterocycles. The molecule has 2 aromatic rings. The van der Waals surface area contributed by atoms with Crippen LogP contribution in [0, 0.1) is 0 Å². The van der Waals surface area contributed by atoms with Gasteiger partial charge < -0.3 is 10.1 Å². The standard InChI is InChI=1S/C12H15N5O2/c1-3-6-17-8-9(7-14-17)15-12-13-5-4-10(16-12)11(18)19-2/h4-5,7-8H,3,6H2,1-2H3,(H,13,15,16). The number of methoxy groups -OCH3 is 1. The molecule has 0 saturated heterocycles. The number of esters is 1. The van der Waals surface area contributed by atoms with E-state index >= 15 is 0 Å². The molecular formula is C12H15N5O2. The van der Waals surface area contributed by atoms with Crippen molar-refractivity contribution < 1.29 is 9.53 Å². The molecule has 0 atom stereocenters. The highest BCUT2D eigenvalue weighted by atomic mass is 16.5. The maximum Gasteiger partial charge on any atom is 0.356 e. The Balaban J connectivity index is 2.11. The van der Waals surface area contributed by atoms with Crippen LogP contribution in [0.3, 0.4) is 0 Å². The number of nitrogens with zero attached hydrogens (tertiary/aromatic N) is 4. The lowest BCUT2D eigenvalue weighted by atomic mass is 10.4. The zero-order valence-electron chi connectivity index (χ0n) is 10.8. The van der Waals surface area contributed by atoms with Gasteiger partial charge in [-0.05, 0) is 12.5 Å². The minimum Gasteiger partial charge on any atom is -0.464 e. The number of nitrogens with one attached hydrogen (secondary N) is 1. The quantitative estimate of drug-likeness (QED) is 0.823. The molecule has 2 heterocycles. The maximum atomic E-state index is 11.4. The van der Waals surface area contributed by atoms with Gasteiger partial charge in [0.05, 0.1) is 19.0 Å². The zero-order valence-corrected chi connectivity index (χ0v) is 10.8. The molecular weight excluding hydrogens is 246 g/mol. The first-order valence-corrected chi connectivity index (χ1v) is 5.93. The number of rotatable bonds is 5. The van der Waals surface area contributed by atoms with Crippen molar-refractivity contribution in [3.8, 4) is 0 Å². The highest BCUT2D eigenvalue weighted by Gasteiger charge is 2.09. The van der Waals surface area contributed by atoms with Crippen molar-refractivity contribution in [3.63, 3.8) is 0 Å². The van der Waals surface area contributed by atoms with Crippen molar-refractivity contribution in [1.29, 1.82) is 0 Å². The molecule has 0 aliphatic carbocycles. The van der Waals surface area contributed by atoms with Gasteiger partial charge in [0.15, 0.2) is 5.69 Å². The lowest BCUT2D eigenvalue weighted by Gasteiger charge is -2.03. The van der Waals surface area contributed by atoms with Crippen LogP contribution in [0.25, 0.3) is 0 Å². The summed E-state index contributed by atoms with van der Waals surface area (Å²) in [6.07, 6.45) is 6.05. The summed E-state index contributed by atoms with van der Waals surface area (Å²) in [5.41, 5.74) is 0.983. The second-order valence-corrected chi connectivity index (χ2v) is 3.87. The summed E-state index contributed by atoms with van der Waals surface area (Å²) in [5, 5.41) is 7.17. The molecule has 0 amide bonds. The van der Waals surface area contributed by atoms with Gasteiger partial charge in [-0.1, -0.05) is 6.92 Å². The Morgan fingerprint density at radius 1 is 1.53 bits per heavy atom. The summed E-state index contributed by atoms with van der Waals surface area (Å²) in [7, 11) is 1.31. The van der Waals surface area contributed by atoms with Gasteiger partial charge in [-0.15, -0.1) is 0 Å². The SMILES string of the molecule is CCCn1cc(Nc2nccc(C(=O)OC)n2)cn1. The Kier molecular flexibility index (Phi) is 4.07. The number of aryl methyl sites for hydroxylation is 1. The van der Waals surface area contributed by atoms with Crippen LogP contribution < -0.4 is 5.32 Å². The van der Waals surface area contributed by atoms with Crippen molar-refractivity contribution in [3.05, 3.63) is 30.4 Å². The first-order valence-electron chi connectivity index (χ1n) is 5.93. The van der Waals surface area contributed by atoms with Crippen molar-refractivity contribution in [2.24, 2.45) is 0 Å². The van der Waals surface area contributed by atoms with Crippen LogP contribution in [0.1, 0.15) is 23.8 Å². The van der Waals surface area contributed by atoms with Crippen molar-refractivity contribution in [2.75, 3.05) is 12.4 Å². The molecule has 0 saturated carbocycles. The normalized spacial score (nSPS) is 10.2. The highest BCUT2D eigenvalue weighted by Crippen LogP contribution is 2.12. The molecule has 0 aliphatic heterocycles. The molecule has 0 aliphatic rings. The van der Waals surface area contributed by atoms with E-state index in [1.807, 2.05) is 10.9 Å². The van der Waals surface area contributed by atoms with Gasteiger partial charge in [0.2, 0.25) is 5.95 Å². The summed E-state index contributed by atoms with van der Waals surface area (Å²) in [6.45, 7) is 2.93. The summed E-state index contributed by atoms with van der Waals surface area (Å²) in [5.74, 6) is -0.161. The number of aromatic nitrogens is 4. The second kappa shape index (κ2) is 5.94. The van der Waals surface area contributed by atoms with E-state index < -0.39 is 5.97 Å². The Morgan fingerprint density at radius 3 is 3.11 bits per heavy atom. The topological polar surface area (TPSA) is 81.9 Å². The Labute approximate surface area is 110 Å². The monoisotopic (exact) mass is 261 g/mol. The maximum absolute atomic E-state index is 11.4. The van der Waals surface area contributed by atoms with Crippen molar-refractivity contribution >= 4 is 17.6 Å². The third-order valence-electron chi connectivity index (χ3n) is 2.39. The van der Waals surface area contributed by atoms with Crippen LogP contribution in [0.15, 0.2) is 24.7 Å². The van der Waals surface area contributed by atoms with Crippen LogP contribution in [0.2, 0.25) is 0 Å². The third-order valence-corrected chi connectivity index (χ3v) is 2.39. The number of ether oxygens (including phenoxy) is 1. The molecule has 0 fully saturated rings. The number of hydrogen-bond donors (Lipinski definition) is 1. The Morgan fingerprint density at radius 2 is 2.37 bits per heavy atom. The summed E-state index contributed by atoms with van der Waals surface area (Å²) < 4.78 is 6.43. The molecule has 7 heteroatoms. The van der Waals surface area contributed by atoms with Crippen molar-refractivity contribution in [2.45, 2.75) is 19.9 Å². The fourth-order valence-electron chi connectivity index (χ4n) is 1.55. The minimum absolute atomic E-state index is 0.209. The lowest BCUT2D eigenvalue weighted by molar-refractivity contribution is 0.0594. The molecule has 7 nitrogen and oxygen atoms in total. The van der Waals surface area contributed by atoms with E-state index in [1.165, 1.54) is 19.4 Å². The summed E-state index contributed by atoms with van der Waals surface area (Å²) in [4.78, 5) is 19.5. The largest absolute Gasteiger partial charge is 0.464 e. The Bertz CT molecular complexity index is 567. The van der Waals surface area contributed by atoms with E-state index in [0.29, 0.717) is 5.95 Å². The predicted octanol–water partition coefficient (Wildman–Crippen LogP) is 1.61. The van der Waals surface area contributed by atoms with Gasteiger partial charge in [0.25, 0.3) is 0 Å². The van der Waals surface area contributed by atoms with Crippen LogP contribution >= 0.6 is 0 Å². The number of hydrogen-bond acceptors (Lipinski definition) is 6. The second-order valence-electron chi connectivity index (χ2n) is 3.87. The zero-order chi connectivity index (χ0) is 13.7. The number of carbonyl (C=O) groups excluding carboxylic acids is 1. The molecule has 0 spiro atoms. The molecule has 0 aromatic carbocycles. The van der Waals surface area contributed by atoms with Gasteiger partial charge in [0.1, 0.15) is 0 Å². The fourth-order valence-corrected chi connectivity index (χ4v) is 1.55. The molecule has 19 heavy (non-hydrogen) atoms. The molecule has 0 radical (unpaired) electrons. The van der Waals surface area contributed by atoms with Gasteiger partial charge in [-0.25, -0.2) is 14.8 Å². The van der Waals surface area contributed by atoms with E-state index in [0.717, 1.165) is 18.7 Å². The fraction of sp³-hybridized carbons (Fsp3) is 0.333. The highest BCUT2D eigenvalue weighted by molar-refractivity contribution is 5.87. The van der Waals surface area contributed by atoms with Crippen molar-refractivity contribution in [1.82, 2.24) is 19.7 Å². The summed E-state index contributed by atoms with van der Waals surface area (Å²) in [6, 6.07) is 1.50. The predicted molar refractivity (Wildman–Crippen MR) is 69.2 cm³/mol. The molecule has 100 valence electrons. The lowest BCUT2D eigenvalue weighted by Crippen LogP contribution is -2.06. The minimum atomic E-state index is -0.493. The smallest absolute Gasteiger partial charge is 0.356 e.